The molecule has 0 saturated heterocycles. The maximum atomic E-state index is 12.8. The van der Waals surface area contributed by atoms with Crippen LogP contribution >= 0.6 is 0 Å². The summed E-state index contributed by atoms with van der Waals surface area (Å²) in [5.41, 5.74) is 4.96. The van der Waals surface area contributed by atoms with Crippen molar-refractivity contribution in [3.05, 3.63) is 107 Å². The van der Waals surface area contributed by atoms with E-state index >= 15 is 0 Å². The van der Waals surface area contributed by atoms with Crippen LogP contribution in [0.2, 0.25) is 0 Å². The minimum Gasteiger partial charge on any atom is -0.343 e. The lowest BCUT2D eigenvalue weighted by atomic mass is 9.99. The molecule has 0 unspecified atom stereocenters. The van der Waals surface area contributed by atoms with Crippen LogP contribution in [0, 0.1) is 6.92 Å². The molecular formula is C25H23N3O2. The van der Waals surface area contributed by atoms with Crippen LogP contribution in [0.5, 0.6) is 0 Å². The number of aryl methyl sites for hydroxylation is 3. The second-order valence-corrected chi connectivity index (χ2v) is 7.21. The Morgan fingerprint density at radius 2 is 1.73 bits per heavy atom. The van der Waals surface area contributed by atoms with Gasteiger partial charge in [0.25, 0.3) is 5.91 Å². The molecule has 1 N–H and O–H groups in total. The van der Waals surface area contributed by atoms with Crippen LogP contribution in [-0.4, -0.2) is 16.0 Å². The molecule has 150 valence electrons. The van der Waals surface area contributed by atoms with E-state index in [0.29, 0.717) is 17.3 Å². The highest BCUT2D eigenvalue weighted by atomic mass is 16.5. The summed E-state index contributed by atoms with van der Waals surface area (Å²) in [5.74, 6) is 0.752. The quantitative estimate of drug-likeness (QED) is 0.488. The van der Waals surface area contributed by atoms with E-state index in [1.165, 1.54) is 5.56 Å². The number of rotatable bonds is 7. The van der Waals surface area contributed by atoms with Crippen molar-refractivity contribution < 1.29 is 9.32 Å². The highest BCUT2D eigenvalue weighted by molar-refractivity contribution is 5.95. The first kappa shape index (κ1) is 19.6. The Bertz CT molecular complexity index is 1140. The van der Waals surface area contributed by atoms with Crippen molar-refractivity contribution >= 4 is 5.91 Å². The van der Waals surface area contributed by atoms with Crippen molar-refractivity contribution in [3.8, 4) is 11.4 Å². The zero-order chi connectivity index (χ0) is 20.8. The highest BCUT2D eigenvalue weighted by Crippen LogP contribution is 2.17. The molecular weight excluding hydrogens is 374 g/mol. The zero-order valence-electron chi connectivity index (χ0n) is 16.8. The Kier molecular flexibility index (Phi) is 5.99. The molecule has 0 aliphatic heterocycles. The van der Waals surface area contributed by atoms with Gasteiger partial charge in [0.15, 0.2) is 0 Å². The predicted octanol–water partition coefficient (Wildman–Crippen LogP) is 4.76. The molecule has 5 nitrogen and oxygen atoms in total. The Hall–Kier alpha value is -3.73. The molecule has 30 heavy (non-hydrogen) atoms. The molecule has 0 aliphatic rings. The van der Waals surface area contributed by atoms with Crippen molar-refractivity contribution in [1.82, 2.24) is 15.5 Å². The number of benzene rings is 3. The molecule has 0 fully saturated rings. The van der Waals surface area contributed by atoms with E-state index < -0.39 is 0 Å². The molecule has 1 amide bonds. The topological polar surface area (TPSA) is 68.0 Å². The fourth-order valence-electron chi connectivity index (χ4n) is 3.36. The van der Waals surface area contributed by atoms with Crippen LogP contribution in [0.15, 0.2) is 83.4 Å². The number of amides is 1. The summed E-state index contributed by atoms with van der Waals surface area (Å²) in [4.78, 5) is 17.2. The van der Waals surface area contributed by atoms with Crippen LogP contribution in [0.3, 0.4) is 0 Å². The second-order valence-electron chi connectivity index (χ2n) is 7.21. The van der Waals surface area contributed by atoms with Crippen LogP contribution < -0.4 is 5.32 Å². The number of aromatic nitrogens is 2. The smallest absolute Gasteiger partial charge is 0.251 e. The van der Waals surface area contributed by atoms with Crippen molar-refractivity contribution in [2.24, 2.45) is 0 Å². The lowest BCUT2D eigenvalue weighted by molar-refractivity contribution is 0.0945. The average molecular weight is 397 g/mol. The minimum atomic E-state index is -0.144. The van der Waals surface area contributed by atoms with E-state index in [-0.39, 0.29) is 12.5 Å². The standard InChI is InChI=1S/C25H23N3O2/c1-18-8-7-12-21(16-18)24-27-23(30-28-24)17-26-25(29)22-13-6-5-11-20(22)15-14-19-9-3-2-4-10-19/h2-13,16H,14-15,17H2,1H3,(H,26,29). The lowest BCUT2D eigenvalue weighted by Crippen LogP contribution is -2.24. The van der Waals surface area contributed by atoms with E-state index in [1.807, 2.05) is 73.7 Å². The number of hydrogen-bond acceptors (Lipinski definition) is 4. The van der Waals surface area contributed by atoms with Gasteiger partial charge in [-0.3, -0.25) is 4.79 Å². The molecule has 0 bridgehead atoms. The van der Waals surface area contributed by atoms with Crippen molar-refractivity contribution in [1.29, 1.82) is 0 Å². The highest BCUT2D eigenvalue weighted by Gasteiger charge is 2.13. The molecule has 0 saturated carbocycles. The molecule has 0 radical (unpaired) electrons. The van der Waals surface area contributed by atoms with Gasteiger partial charge in [0.2, 0.25) is 11.7 Å². The van der Waals surface area contributed by atoms with E-state index in [1.54, 1.807) is 0 Å². The summed E-state index contributed by atoms with van der Waals surface area (Å²) < 4.78 is 5.30. The zero-order valence-corrected chi connectivity index (χ0v) is 16.8. The second kappa shape index (κ2) is 9.18. The number of hydrogen-bond donors (Lipinski definition) is 1. The number of nitrogens with one attached hydrogen (secondary N) is 1. The Balaban J connectivity index is 1.40. The normalized spacial score (nSPS) is 10.7. The molecule has 3 aromatic carbocycles. The third-order valence-corrected chi connectivity index (χ3v) is 4.93. The van der Waals surface area contributed by atoms with E-state index in [2.05, 4.69) is 27.6 Å². The number of carbonyl (C=O) groups excluding carboxylic acids is 1. The summed E-state index contributed by atoms with van der Waals surface area (Å²) in [7, 11) is 0. The average Bonchev–Trinajstić information content (AvgIpc) is 3.26. The van der Waals surface area contributed by atoms with Gasteiger partial charge in [0.1, 0.15) is 0 Å². The van der Waals surface area contributed by atoms with Gasteiger partial charge in [-0.2, -0.15) is 4.98 Å². The first-order chi connectivity index (χ1) is 14.7. The van der Waals surface area contributed by atoms with Crippen molar-refractivity contribution in [3.63, 3.8) is 0 Å². The summed E-state index contributed by atoms with van der Waals surface area (Å²) in [6, 6.07) is 25.9. The van der Waals surface area contributed by atoms with Crippen LogP contribution in [0.1, 0.15) is 32.9 Å². The van der Waals surface area contributed by atoms with Gasteiger partial charge in [0.05, 0.1) is 6.54 Å². The van der Waals surface area contributed by atoms with Crippen molar-refractivity contribution in [2.45, 2.75) is 26.3 Å². The molecule has 1 heterocycles. The van der Waals surface area contributed by atoms with E-state index in [9.17, 15) is 4.79 Å². The summed E-state index contributed by atoms with van der Waals surface area (Å²) in [6.45, 7) is 2.20. The first-order valence-corrected chi connectivity index (χ1v) is 9.99. The fourth-order valence-corrected chi connectivity index (χ4v) is 3.36. The fraction of sp³-hybridized carbons (Fsp3) is 0.160. The van der Waals surface area contributed by atoms with E-state index in [0.717, 1.165) is 29.5 Å². The first-order valence-electron chi connectivity index (χ1n) is 9.99. The van der Waals surface area contributed by atoms with Crippen molar-refractivity contribution in [2.75, 3.05) is 0 Å². The Labute approximate surface area is 175 Å². The SMILES string of the molecule is Cc1cccc(-c2noc(CNC(=O)c3ccccc3CCc3ccccc3)n2)c1. The molecule has 5 heteroatoms. The van der Waals surface area contributed by atoms with Crippen LogP contribution in [0.25, 0.3) is 11.4 Å². The van der Waals surface area contributed by atoms with Crippen LogP contribution in [0.4, 0.5) is 0 Å². The van der Waals surface area contributed by atoms with Gasteiger partial charge in [-0.15, -0.1) is 0 Å². The van der Waals surface area contributed by atoms with Crippen LogP contribution in [-0.2, 0) is 19.4 Å². The molecule has 0 spiro atoms. The molecule has 4 rings (SSSR count). The Morgan fingerprint density at radius 3 is 2.57 bits per heavy atom. The Morgan fingerprint density at radius 1 is 0.933 bits per heavy atom. The number of nitrogens with zero attached hydrogens (tertiary/aromatic N) is 2. The predicted molar refractivity (Wildman–Crippen MR) is 116 cm³/mol. The molecule has 0 aliphatic carbocycles. The van der Waals surface area contributed by atoms with Gasteiger partial charge in [-0.05, 0) is 43.0 Å². The van der Waals surface area contributed by atoms with E-state index in [4.69, 9.17) is 4.52 Å². The maximum absolute atomic E-state index is 12.8. The summed E-state index contributed by atoms with van der Waals surface area (Å²) >= 11 is 0. The minimum absolute atomic E-state index is 0.144. The summed E-state index contributed by atoms with van der Waals surface area (Å²) in [5, 5.41) is 6.92. The molecule has 0 atom stereocenters. The largest absolute Gasteiger partial charge is 0.343 e. The lowest BCUT2D eigenvalue weighted by Gasteiger charge is -2.09. The number of carbonyl (C=O) groups is 1. The van der Waals surface area contributed by atoms with Gasteiger partial charge >= 0.3 is 0 Å². The monoisotopic (exact) mass is 397 g/mol. The van der Waals surface area contributed by atoms with Gasteiger partial charge in [-0.1, -0.05) is 77.5 Å². The van der Waals surface area contributed by atoms with Gasteiger partial charge < -0.3 is 9.84 Å². The summed E-state index contributed by atoms with van der Waals surface area (Å²) in [6.07, 6.45) is 1.68. The third-order valence-electron chi connectivity index (χ3n) is 4.93. The third kappa shape index (κ3) is 4.81. The maximum Gasteiger partial charge on any atom is 0.251 e. The molecule has 4 aromatic rings. The van der Waals surface area contributed by atoms with Gasteiger partial charge in [-0.25, -0.2) is 0 Å². The molecule has 1 aromatic heterocycles. The van der Waals surface area contributed by atoms with Gasteiger partial charge in [0, 0.05) is 11.1 Å².